The Morgan fingerprint density at radius 1 is 1.27 bits per heavy atom. The average Bonchev–Trinajstić information content (AvgIpc) is 3.42. The summed E-state index contributed by atoms with van der Waals surface area (Å²) in [5, 5.41) is 2.79. The second-order valence-corrected chi connectivity index (χ2v) is 7.97. The summed E-state index contributed by atoms with van der Waals surface area (Å²) in [4.78, 5) is 39.4. The highest BCUT2D eigenvalue weighted by molar-refractivity contribution is 7.22. The van der Waals surface area contributed by atoms with E-state index in [1.807, 2.05) is 0 Å². The van der Waals surface area contributed by atoms with E-state index < -0.39 is 41.7 Å². The fourth-order valence-corrected chi connectivity index (χ4v) is 4.24. The standard InChI is InChI=1S/C19H16F4N6O3S/c1-32-14-13-15(25-8-24-14)33-18(26-13)27-19(31)28-5-4-10(7-28)29(17(22)23)16(30)9-2-3-11(20)12(21)6-9/h2-3,6,8,10,17H,4-5,7H2,1H3,(H,26,27,31)/t10-/m0/s1. The normalized spacial score (nSPS) is 15.8. The topological polar surface area (TPSA) is 101 Å². The van der Waals surface area contributed by atoms with Crippen LogP contribution in [0.25, 0.3) is 10.3 Å². The van der Waals surface area contributed by atoms with Gasteiger partial charge in [0.1, 0.15) is 6.33 Å². The minimum Gasteiger partial charge on any atom is -0.479 e. The maximum atomic E-state index is 13.7. The second kappa shape index (κ2) is 9.13. The van der Waals surface area contributed by atoms with Crippen LogP contribution in [0.2, 0.25) is 0 Å². The Labute approximate surface area is 188 Å². The number of alkyl halides is 2. The molecular formula is C19H16F4N6O3S. The molecule has 1 aliphatic rings. The minimum absolute atomic E-state index is 0.0757. The van der Waals surface area contributed by atoms with E-state index in [1.165, 1.54) is 18.3 Å². The number of hydrogen-bond acceptors (Lipinski definition) is 7. The molecule has 14 heteroatoms. The van der Waals surface area contributed by atoms with Gasteiger partial charge in [-0.15, -0.1) is 0 Å². The first-order chi connectivity index (χ1) is 15.8. The molecule has 3 amide bonds. The molecule has 2 aromatic heterocycles. The zero-order chi connectivity index (χ0) is 23.7. The monoisotopic (exact) mass is 484 g/mol. The molecule has 33 heavy (non-hydrogen) atoms. The maximum absolute atomic E-state index is 13.7. The zero-order valence-electron chi connectivity index (χ0n) is 17.0. The van der Waals surface area contributed by atoms with Crippen LogP contribution in [-0.2, 0) is 0 Å². The number of thiazole rings is 1. The van der Waals surface area contributed by atoms with E-state index in [4.69, 9.17) is 4.74 Å². The molecule has 1 saturated heterocycles. The van der Waals surface area contributed by atoms with Gasteiger partial charge >= 0.3 is 12.6 Å². The van der Waals surface area contributed by atoms with Gasteiger partial charge in [-0.1, -0.05) is 11.3 Å². The molecule has 0 saturated carbocycles. The molecule has 0 bridgehead atoms. The number of carbonyl (C=O) groups is 2. The molecule has 0 radical (unpaired) electrons. The smallest absolute Gasteiger partial charge is 0.323 e. The molecular weight excluding hydrogens is 468 g/mol. The highest BCUT2D eigenvalue weighted by atomic mass is 32.1. The number of nitrogens with one attached hydrogen (secondary N) is 1. The van der Waals surface area contributed by atoms with Crippen molar-refractivity contribution in [2.45, 2.75) is 19.0 Å². The van der Waals surface area contributed by atoms with Gasteiger partial charge in [0.2, 0.25) is 5.88 Å². The van der Waals surface area contributed by atoms with Crippen molar-refractivity contribution in [3.05, 3.63) is 41.7 Å². The lowest BCUT2D eigenvalue weighted by Gasteiger charge is -2.28. The molecule has 174 valence electrons. The largest absolute Gasteiger partial charge is 0.479 e. The fraction of sp³-hybridized carbons (Fsp3) is 0.316. The fourth-order valence-electron chi connectivity index (χ4n) is 3.45. The summed E-state index contributed by atoms with van der Waals surface area (Å²) < 4.78 is 59.1. The first kappa shape index (κ1) is 22.6. The van der Waals surface area contributed by atoms with Gasteiger partial charge in [0.25, 0.3) is 5.91 Å². The van der Waals surface area contributed by atoms with Gasteiger partial charge in [-0.05, 0) is 24.6 Å². The van der Waals surface area contributed by atoms with Gasteiger partial charge < -0.3 is 9.64 Å². The quantitative estimate of drug-likeness (QED) is 0.441. The molecule has 3 heterocycles. The number of aromatic nitrogens is 3. The van der Waals surface area contributed by atoms with Crippen molar-refractivity contribution < 1.29 is 31.9 Å². The SMILES string of the molecule is COc1ncnc2sc(NC(=O)N3CC[C@H](N(C(=O)c4ccc(F)c(F)c4)C(F)F)C3)nc12. The van der Waals surface area contributed by atoms with Crippen LogP contribution in [0.1, 0.15) is 16.8 Å². The lowest BCUT2D eigenvalue weighted by molar-refractivity contribution is -0.0327. The summed E-state index contributed by atoms with van der Waals surface area (Å²) in [7, 11) is 1.42. The number of halogens is 4. The second-order valence-electron chi connectivity index (χ2n) is 6.99. The average molecular weight is 484 g/mol. The highest BCUT2D eigenvalue weighted by Crippen LogP contribution is 2.29. The van der Waals surface area contributed by atoms with Crippen molar-refractivity contribution in [3.8, 4) is 5.88 Å². The molecule has 0 aliphatic carbocycles. The van der Waals surface area contributed by atoms with Gasteiger partial charge in [0, 0.05) is 18.7 Å². The lowest BCUT2D eigenvalue weighted by Crippen LogP contribution is -2.46. The number of benzene rings is 1. The predicted octanol–water partition coefficient (Wildman–Crippen LogP) is 3.34. The Morgan fingerprint density at radius 3 is 2.76 bits per heavy atom. The maximum Gasteiger partial charge on any atom is 0.323 e. The summed E-state index contributed by atoms with van der Waals surface area (Å²) in [5.41, 5.74) is -0.0535. The van der Waals surface area contributed by atoms with Crippen molar-refractivity contribution in [3.63, 3.8) is 0 Å². The van der Waals surface area contributed by atoms with Crippen molar-refractivity contribution >= 4 is 38.8 Å². The summed E-state index contributed by atoms with van der Waals surface area (Å²) in [5.74, 6) is -3.44. The number of fused-ring (bicyclic) bond motifs is 1. The van der Waals surface area contributed by atoms with Gasteiger partial charge in [-0.3, -0.25) is 15.0 Å². The third-order valence-corrected chi connectivity index (χ3v) is 5.90. The highest BCUT2D eigenvalue weighted by Gasteiger charge is 2.38. The summed E-state index contributed by atoms with van der Waals surface area (Å²) in [6.45, 7) is -3.28. The Morgan fingerprint density at radius 2 is 2.06 bits per heavy atom. The number of carbonyl (C=O) groups excluding carboxylic acids is 2. The number of urea groups is 1. The molecule has 1 aliphatic heterocycles. The first-order valence-electron chi connectivity index (χ1n) is 9.55. The van der Waals surface area contributed by atoms with E-state index in [9.17, 15) is 27.2 Å². The third-order valence-electron chi connectivity index (χ3n) is 5.02. The van der Waals surface area contributed by atoms with Crippen LogP contribution in [0.5, 0.6) is 5.88 Å². The van der Waals surface area contributed by atoms with Crippen LogP contribution in [0.15, 0.2) is 24.5 Å². The number of rotatable bonds is 5. The van der Waals surface area contributed by atoms with Crippen molar-refractivity contribution in [2.75, 3.05) is 25.5 Å². The Balaban J connectivity index is 1.46. The summed E-state index contributed by atoms with van der Waals surface area (Å²) in [6.07, 6.45) is 1.37. The number of ether oxygens (including phenoxy) is 1. The molecule has 1 N–H and O–H groups in total. The minimum atomic E-state index is -3.20. The number of hydrogen-bond donors (Lipinski definition) is 1. The van der Waals surface area contributed by atoms with Crippen molar-refractivity contribution in [1.29, 1.82) is 0 Å². The van der Waals surface area contributed by atoms with Gasteiger partial charge in [-0.25, -0.2) is 23.5 Å². The van der Waals surface area contributed by atoms with E-state index in [-0.39, 0.29) is 35.4 Å². The van der Waals surface area contributed by atoms with Crippen LogP contribution in [0.4, 0.5) is 27.5 Å². The molecule has 9 nitrogen and oxygen atoms in total. The zero-order valence-corrected chi connectivity index (χ0v) is 17.8. The van der Waals surface area contributed by atoms with Crippen molar-refractivity contribution in [2.24, 2.45) is 0 Å². The molecule has 1 aromatic carbocycles. The van der Waals surface area contributed by atoms with Gasteiger partial charge in [0.05, 0.1) is 13.2 Å². The number of nitrogens with zero attached hydrogens (tertiary/aromatic N) is 5. The number of amides is 3. The molecule has 4 rings (SSSR count). The lowest BCUT2D eigenvalue weighted by atomic mass is 10.1. The van der Waals surface area contributed by atoms with E-state index in [1.54, 1.807) is 0 Å². The predicted molar refractivity (Wildman–Crippen MR) is 109 cm³/mol. The number of anilines is 1. The van der Waals surface area contributed by atoms with Crippen LogP contribution in [0, 0.1) is 11.6 Å². The number of likely N-dealkylation sites (tertiary alicyclic amines) is 1. The third kappa shape index (κ3) is 4.51. The van der Waals surface area contributed by atoms with Crippen LogP contribution >= 0.6 is 11.3 Å². The van der Waals surface area contributed by atoms with E-state index >= 15 is 0 Å². The van der Waals surface area contributed by atoms with E-state index in [2.05, 4.69) is 20.3 Å². The molecule has 1 atom stereocenters. The Bertz CT molecular complexity index is 1210. The Hall–Kier alpha value is -3.55. The molecule has 0 unspecified atom stereocenters. The van der Waals surface area contributed by atoms with Crippen LogP contribution < -0.4 is 10.1 Å². The molecule has 0 spiro atoms. The Kier molecular flexibility index (Phi) is 6.26. The molecule has 3 aromatic rings. The summed E-state index contributed by atoms with van der Waals surface area (Å²) >= 11 is 1.08. The number of methoxy groups -OCH3 is 1. The van der Waals surface area contributed by atoms with Gasteiger partial charge in [0.15, 0.2) is 27.1 Å². The molecule has 1 fully saturated rings. The summed E-state index contributed by atoms with van der Waals surface area (Å²) in [6, 6.07) is 0.574. The van der Waals surface area contributed by atoms with Crippen LogP contribution in [0.3, 0.4) is 0 Å². The van der Waals surface area contributed by atoms with Crippen molar-refractivity contribution in [1.82, 2.24) is 24.8 Å². The van der Waals surface area contributed by atoms with E-state index in [0.29, 0.717) is 22.5 Å². The van der Waals surface area contributed by atoms with Gasteiger partial charge in [-0.2, -0.15) is 13.8 Å². The van der Waals surface area contributed by atoms with Crippen LogP contribution in [-0.4, -0.2) is 69.5 Å². The first-order valence-corrected chi connectivity index (χ1v) is 10.4. The van der Waals surface area contributed by atoms with E-state index in [0.717, 1.165) is 17.4 Å².